The first kappa shape index (κ1) is 16.5. The van der Waals surface area contributed by atoms with Gasteiger partial charge in [0.15, 0.2) is 5.82 Å². The average Bonchev–Trinajstić information content (AvgIpc) is 3.01. The maximum Gasteiger partial charge on any atom is 0.234 e. The molecule has 0 fully saturated rings. The molecule has 0 aliphatic carbocycles. The smallest absolute Gasteiger partial charge is 0.234 e. The number of benzene rings is 1. The maximum absolute atomic E-state index is 12.1. The zero-order valence-corrected chi connectivity index (χ0v) is 13.8. The molecule has 2 heterocycles. The van der Waals surface area contributed by atoms with Crippen molar-refractivity contribution in [3.8, 4) is 17.5 Å². The summed E-state index contributed by atoms with van der Waals surface area (Å²) < 4.78 is 1.32. The molecule has 124 valence electrons. The lowest BCUT2D eigenvalue weighted by atomic mass is 10.2. The molecule has 0 unspecified atom stereocenters. The molecule has 8 nitrogen and oxygen atoms in total. The topological polar surface area (TPSA) is 123 Å². The van der Waals surface area contributed by atoms with E-state index < -0.39 is 0 Å². The number of nitrogens with zero attached hydrogens (tertiary/aromatic N) is 5. The first-order valence-corrected chi connectivity index (χ1v) is 8.19. The van der Waals surface area contributed by atoms with Gasteiger partial charge in [-0.15, -0.1) is 10.2 Å². The van der Waals surface area contributed by atoms with Crippen molar-refractivity contribution >= 4 is 23.4 Å². The van der Waals surface area contributed by atoms with Crippen LogP contribution in [0.15, 0.2) is 53.9 Å². The van der Waals surface area contributed by atoms with Gasteiger partial charge < -0.3 is 11.2 Å². The number of nitriles is 1. The van der Waals surface area contributed by atoms with Gasteiger partial charge in [0.05, 0.1) is 17.4 Å². The summed E-state index contributed by atoms with van der Waals surface area (Å²) in [4.78, 5) is 16.1. The number of hydrogen-bond donors (Lipinski definition) is 2. The highest BCUT2D eigenvalue weighted by Crippen LogP contribution is 2.21. The molecule has 0 saturated heterocycles. The fraction of sp³-hybridized carbons (Fsp3) is 0.0625. The van der Waals surface area contributed by atoms with Crippen LogP contribution in [0.1, 0.15) is 5.56 Å². The molecule has 0 aliphatic rings. The van der Waals surface area contributed by atoms with Crippen molar-refractivity contribution in [2.75, 3.05) is 16.9 Å². The average molecular weight is 351 g/mol. The predicted molar refractivity (Wildman–Crippen MR) is 93.9 cm³/mol. The van der Waals surface area contributed by atoms with Crippen molar-refractivity contribution in [3.63, 3.8) is 0 Å². The lowest BCUT2D eigenvalue weighted by Gasteiger charge is -2.05. The number of carbonyl (C=O) groups is 1. The van der Waals surface area contributed by atoms with E-state index in [2.05, 4.69) is 20.5 Å². The maximum atomic E-state index is 12.1. The Morgan fingerprint density at radius 3 is 2.96 bits per heavy atom. The van der Waals surface area contributed by atoms with Gasteiger partial charge in [-0.2, -0.15) is 5.26 Å². The van der Waals surface area contributed by atoms with Crippen molar-refractivity contribution in [1.82, 2.24) is 19.9 Å². The van der Waals surface area contributed by atoms with E-state index in [-0.39, 0.29) is 11.7 Å². The van der Waals surface area contributed by atoms with Gasteiger partial charge in [0.2, 0.25) is 11.1 Å². The molecule has 2 aromatic heterocycles. The Balaban J connectivity index is 1.63. The SMILES string of the molecule is N#Cc1cccc(NC(=O)CSc2nnc(-c3cccnc3)n2N)c1. The fourth-order valence-electron chi connectivity index (χ4n) is 2.06. The normalized spacial score (nSPS) is 10.2. The summed E-state index contributed by atoms with van der Waals surface area (Å²) in [5.41, 5.74) is 1.78. The number of rotatable bonds is 5. The summed E-state index contributed by atoms with van der Waals surface area (Å²) in [6.45, 7) is 0. The second kappa shape index (κ2) is 7.46. The number of hydrogen-bond acceptors (Lipinski definition) is 7. The summed E-state index contributed by atoms with van der Waals surface area (Å²) in [5.74, 6) is 6.34. The van der Waals surface area contributed by atoms with Crippen LogP contribution in [0.25, 0.3) is 11.4 Å². The van der Waals surface area contributed by atoms with Crippen molar-refractivity contribution < 1.29 is 4.79 Å². The van der Waals surface area contributed by atoms with Gasteiger partial charge in [-0.1, -0.05) is 17.8 Å². The van der Waals surface area contributed by atoms with Crippen LogP contribution in [0.5, 0.6) is 0 Å². The second-order valence-electron chi connectivity index (χ2n) is 4.95. The Hall–Kier alpha value is -3.38. The van der Waals surface area contributed by atoms with E-state index in [0.29, 0.717) is 22.2 Å². The lowest BCUT2D eigenvalue weighted by Crippen LogP contribution is -2.16. The molecule has 0 spiro atoms. The Morgan fingerprint density at radius 2 is 2.20 bits per heavy atom. The summed E-state index contributed by atoms with van der Waals surface area (Å²) in [6, 6.07) is 12.3. The van der Waals surface area contributed by atoms with E-state index in [4.69, 9.17) is 11.1 Å². The number of aromatic nitrogens is 4. The van der Waals surface area contributed by atoms with Gasteiger partial charge >= 0.3 is 0 Å². The summed E-state index contributed by atoms with van der Waals surface area (Å²) in [5, 5.41) is 20.0. The predicted octanol–water partition coefficient (Wildman–Crippen LogP) is 1.66. The fourth-order valence-corrected chi connectivity index (χ4v) is 2.72. The zero-order valence-electron chi connectivity index (χ0n) is 13.0. The number of anilines is 1. The third-order valence-electron chi connectivity index (χ3n) is 3.19. The van der Waals surface area contributed by atoms with Crippen molar-refractivity contribution in [2.45, 2.75) is 5.16 Å². The minimum Gasteiger partial charge on any atom is -0.335 e. The van der Waals surface area contributed by atoms with E-state index in [1.165, 1.54) is 16.4 Å². The monoisotopic (exact) mass is 351 g/mol. The molecular weight excluding hydrogens is 338 g/mol. The van der Waals surface area contributed by atoms with Crippen molar-refractivity contribution in [3.05, 3.63) is 54.4 Å². The molecule has 0 bridgehead atoms. The number of carbonyl (C=O) groups excluding carboxylic acids is 1. The molecule has 0 atom stereocenters. The van der Waals surface area contributed by atoms with Crippen LogP contribution in [-0.2, 0) is 4.79 Å². The highest BCUT2D eigenvalue weighted by Gasteiger charge is 2.14. The summed E-state index contributed by atoms with van der Waals surface area (Å²) >= 11 is 1.17. The minimum atomic E-state index is -0.231. The van der Waals surface area contributed by atoms with Gasteiger partial charge in [0, 0.05) is 23.6 Å². The Labute approximate surface area is 147 Å². The number of nitrogens with two attached hydrogens (primary N) is 1. The molecule has 3 rings (SSSR count). The molecule has 0 radical (unpaired) electrons. The van der Waals surface area contributed by atoms with Crippen LogP contribution >= 0.6 is 11.8 Å². The zero-order chi connectivity index (χ0) is 17.6. The van der Waals surface area contributed by atoms with Crippen molar-refractivity contribution in [1.29, 1.82) is 5.26 Å². The number of thioether (sulfide) groups is 1. The number of nitrogen functional groups attached to an aromatic ring is 1. The van der Waals surface area contributed by atoms with Gasteiger partial charge in [-0.25, -0.2) is 4.68 Å². The van der Waals surface area contributed by atoms with E-state index >= 15 is 0 Å². The van der Waals surface area contributed by atoms with Crippen molar-refractivity contribution in [2.24, 2.45) is 0 Å². The second-order valence-corrected chi connectivity index (χ2v) is 5.89. The standard InChI is InChI=1S/C16H13N7OS/c17-8-11-3-1-5-13(7-11)20-14(24)10-25-16-22-21-15(23(16)18)12-4-2-6-19-9-12/h1-7,9H,10,18H2,(H,20,24). The number of amides is 1. The van der Waals surface area contributed by atoms with E-state index in [0.717, 1.165) is 5.56 Å². The first-order chi connectivity index (χ1) is 12.2. The molecular formula is C16H13N7OS. The summed E-state index contributed by atoms with van der Waals surface area (Å²) in [7, 11) is 0. The van der Waals surface area contributed by atoms with Gasteiger partial charge in [0.1, 0.15) is 0 Å². The first-order valence-electron chi connectivity index (χ1n) is 7.21. The van der Waals surface area contributed by atoms with Crippen LogP contribution in [0, 0.1) is 11.3 Å². The van der Waals surface area contributed by atoms with Crippen LogP contribution in [-0.4, -0.2) is 31.5 Å². The van der Waals surface area contributed by atoms with Gasteiger partial charge in [-0.05, 0) is 30.3 Å². The Bertz CT molecular complexity index is 933. The minimum absolute atomic E-state index is 0.110. The summed E-state index contributed by atoms with van der Waals surface area (Å²) in [6.07, 6.45) is 3.29. The molecule has 3 N–H and O–H groups in total. The lowest BCUT2D eigenvalue weighted by molar-refractivity contribution is -0.113. The molecule has 1 aromatic carbocycles. The Morgan fingerprint density at radius 1 is 1.32 bits per heavy atom. The Kier molecular flexibility index (Phi) is 4.92. The number of nitrogens with one attached hydrogen (secondary N) is 1. The van der Waals surface area contributed by atoms with Gasteiger partial charge in [0.25, 0.3) is 0 Å². The van der Waals surface area contributed by atoms with E-state index in [1.54, 1.807) is 42.7 Å². The van der Waals surface area contributed by atoms with Gasteiger partial charge in [-0.3, -0.25) is 9.78 Å². The molecule has 25 heavy (non-hydrogen) atoms. The third kappa shape index (κ3) is 3.94. The molecule has 0 aliphatic heterocycles. The molecule has 1 amide bonds. The van der Waals surface area contributed by atoms with E-state index in [1.807, 2.05) is 12.1 Å². The van der Waals surface area contributed by atoms with Crippen LogP contribution < -0.4 is 11.2 Å². The molecule has 0 saturated carbocycles. The van der Waals surface area contributed by atoms with Crippen LogP contribution in [0.4, 0.5) is 5.69 Å². The number of pyridine rings is 1. The molecule has 9 heteroatoms. The van der Waals surface area contributed by atoms with Crippen LogP contribution in [0.2, 0.25) is 0 Å². The van der Waals surface area contributed by atoms with E-state index in [9.17, 15) is 4.79 Å². The molecule has 3 aromatic rings. The largest absolute Gasteiger partial charge is 0.335 e. The third-order valence-corrected chi connectivity index (χ3v) is 4.14. The quantitative estimate of drug-likeness (QED) is 0.529. The van der Waals surface area contributed by atoms with Crippen LogP contribution in [0.3, 0.4) is 0 Å². The highest BCUT2D eigenvalue weighted by molar-refractivity contribution is 7.99. The highest BCUT2D eigenvalue weighted by atomic mass is 32.2.